The molecule has 0 aliphatic rings. The van der Waals surface area contributed by atoms with Crippen LogP contribution in [0.2, 0.25) is 5.02 Å². The van der Waals surface area contributed by atoms with Gasteiger partial charge in [-0.25, -0.2) is 0 Å². The Morgan fingerprint density at radius 1 is 1.16 bits per heavy atom. The molecule has 0 saturated heterocycles. The number of hydrogen-bond donors (Lipinski definition) is 0. The van der Waals surface area contributed by atoms with Gasteiger partial charge in [0.1, 0.15) is 5.75 Å². The quantitative estimate of drug-likeness (QED) is 0.681. The first-order valence-corrected chi connectivity index (χ1v) is 6.26. The maximum absolute atomic E-state index is 7.53. The molecule has 0 radical (unpaired) electrons. The molecule has 0 saturated carbocycles. The maximum Gasteiger partial charge on any atom is 0.120 e. The second kappa shape index (κ2) is 4.90. The van der Waals surface area contributed by atoms with Crippen LogP contribution in [0, 0.1) is 0 Å². The van der Waals surface area contributed by atoms with Gasteiger partial charge in [0.05, 0.1) is 19.0 Å². The van der Waals surface area contributed by atoms with E-state index in [0.717, 1.165) is 27.8 Å². The van der Waals surface area contributed by atoms with Crippen LogP contribution in [0.5, 0.6) is 5.75 Å². The monoisotopic (exact) mass is 270 g/mol. The highest BCUT2D eigenvalue weighted by molar-refractivity contribution is 6.33. The van der Waals surface area contributed by atoms with Crippen LogP contribution >= 0.6 is 11.6 Å². The van der Waals surface area contributed by atoms with E-state index in [1.165, 1.54) is 0 Å². The van der Waals surface area contributed by atoms with Crippen molar-refractivity contribution in [1.29, 1.82) is 0 Å². The van der Waals surface area contributed by atoms with Gasteiger partial charge in [-0.1, -0.05) is 23.7 Å². The van der Waals surface area contributed by atoms with E-state index in [1.54, 1.807) is 19.2 Å². The van der Waals surface area contributed by atoms with Gasteiger partial charge in [-0.3, -0.25) is 4.98 Å². The molecule has 0 unspecified atom stereocenters. The highest BCUT2D eigenvalue weighted by Crippen LogP contribution is 2.32. The molecule has 94 valence electrons. The fourth-order valence-corrected chi connectivity index (χ4v) is 2.33. The van der Waals surface area contributed by atoms with E-state index in [1.807, 2.05) is 36.4 Å². The van der Waals surface area contributed by atoms with Crippen molar-refractivity contribution in [1.82, 2.24) is 4.98 Å². The number of methoxy groups -OCH3 is 1. The van der Waals surface area contributed by atoms with Gasteiger partial charge in [-0.2, -0.15) is 0 Å². The summed E-state index contributed by atoms with van der Waals surface area (Å²) in [5, 5.41) is 1.64. The summed E-state index contributed by atoms with van der Waals surface area (Å²) in [4.78, 5) is 4.17. The molecule has 2 aromatic carbocycles. The van der Waals surface area contributed by atoms with E-state index >= 15 is 0 Å². The lowest BCUT2D eigenvalue weighted by molar-refractivity contribution is 0.415. The molecule has 0 amide bonds. The van der Waals surface area contributed by atoms with Gasteiger partial charge >= 0.3 is 0 Å². The van der Waals surface area contributed by atoms with Crippen LogP contribution < -0.4 is 4.74 Å². The smallest absolute Gasteiger partial charge is 0.120 e. The predicted octanol–water partition coefficient (Wildman–Crippen LogP) is 4.56. The van der Waals surface area contributed by atoms with E-state index < -0.39 is 0 Å². The molecule has 1 aromatic heterocycles. The van der Waals surface area contributed by atoms with Crippen LogP contribution in [0.1, 0.15) is 1.37 Å². The topological polar surface area (TPSA) is 22.1 Å². The number of halogens is 1. The summed E-state index contributed by atoms with van der Waals surface area (Å²) in [6.07, 6.45) is 0.271. The van der Waals surface area contributed by atoms with E-state index in [0.29, 0.717) is 5.02 Å². The van der Waals surface area contributed by atoms with Crippen molar-refractivity contribution in [2.75, 3.05) is 7.11 Å². The van der Waals surface area contributed by atoms with Crippen LogP contribution in [0.15, 0.2) is 54.7 Å². The summed E-state index contributed by atoms with van der Waals surface area (Å²) >= 11 is 6.29. The zero-order valence-electron chi connectivity index (χ0n) is 11.4. The van der Waals surface area contributed by atoms with Crippen LogP contribution in [-0.4, -0.2) is 12.1 Å². The summed E-state index contributed by atoms with van der Waals surface area (Å²) in [6, 6.07) is 15.1. The Labute approximate surface area is 118 Å². The largest absolute Gasteiger partial charge is 0.497 e. The number of aromatic nitrogens is 1. The number of fused-ring (bicyclic) bond motifs is 1. The molecule has 0 aliphatic carbocycles. The first-order chi connectivity index (χ1) is 9.67. The number of ether oxygens (including phenoxy) is 1. The fourth-order valence-electron chi connectivity index (χ4n) is 2.05. The SMILES string of the molecule is [2H]c1ccc2cc(-c3ccc(OC)cc3Cl)ccc2n1. The van der Waals surface area contributed by atoms with Crippen molar-refractivity contribution in [3.8, 4) is 16.9 Å². The fraction of sp³-hybridized carbons (Fsp3) is 0.0625. The zero-order chi connectivity index (χ0) is 14.1. The summed E-state index contributed by atoms with van der Waals surface area (Å²) < 4.78 is 12.7. The van der Waals surface area contributed by atoms with E-state index in [2.05, 4.69) is 4.98 Å². The molecular formula is C16H12ClNO. The predicted molar refractivity (Wildman–Crippen MR) is 78.7 cm³/mol. The van der Waals surface area contributed by atoms with E-state index in [9.17, 15) is 0 Å². The Kier molecular flexibility index (Phi) is 2.79. The van der Waals surface area contributed by atoms with Gasteiger partial charge in [-0.15, -0.1) is 0 Å². The lowest BCUT2D eigenvalue weighted by Crippen LogP contribution is -1.85. The number of rotatable bonds is 2. The molecule has 0 N–H and O–H groups in total. The third-order valence-electron chi connectivity index (χ3n) is 3.04. The third-order valence-corrected chi connectivity index (χ3v) is 3.35. The van der Waals surface area contributed by atoms with Crippen molar-refractivity contribution in [2.45, 2.75) is 0 Å². The van der Waals surface area contributed by atoms with Crippen LogP contribution in [-0.2, 0) is 0 Å². The lowest BCUT2D eigenvalue weighted by Gasteiger charge is -2.08. The molecule has 0 atom stereocenters. The second-order valence-corrected chi connectivity index (χ2v) is 4.60. The second-order valence-electron chi connectivity index (χ2n) is 4.19. The molecule has 3 rings (SSSR count). The van der Waals surface area contributed by atoms with Crippen LogP contribution in [0.4, 0.5) is 0 Å². The standard InChI is InChI=1S/C16H12ClNO/c1-19-13-5-6-14(15(17)10-13)11-4-7-16-12(9-11)3-2-8-18-16/h2-10H,1H3/i8D. The molecule has 0 spiro atoms. The van der Waals surface area contributed by atoms with Crippen molar-refractivity contribution in [3.63, 3.8) is 0 Å². The Morgan fingerprint density at radius 3 is 2.84 bits per heavy atom. The summed E-state index contributed by atoms with van der Waals surface area (Å²) in [5.41, 5.74) is 2.78. The molecule has 0 fully saturated rings. The van der Waals surface area contributed by atoms with E-state index in [-0.39, 0.29) is 6.17 Å². The Bertz CT molecular complexity index is 789. The van der Waals surface area contributed by atoms with Gasteiger partial charge < -0.3 is 4.74 Å². The van der Waals surface area contributed by atoms with Crippen molar-refractivity contribution < 1.29 is 6.11 Å². The van der Waals surface area contributed by atoms with Crippen molar-refractivity contribution >= 4 is 22.5 Å². The van der Waals surface area contributed by atoms with Crippen molar-refractivity contribution in [2.24, 2.45) is 0 Å². The highest BCUT2D eigenvalue weighted by Gasteiger charge is 2.06. The minimum atomic E-state index is 0.271. The molecular weight excluding hydrogens is 258 g/mol. The molecule has 19 heavy (non-hydrogen) atoms. The summed E-state index contributed by atoms with van der Waals surface area (Å²) in [7, 11) is 1.62. The highest BCUT2D eigenvalue weighted by atomic mass is 35.5. The number of hydrogen-bond acceptors (Lipinski definition) is 2. The number of benzene rings is 2. The minimum Gasteiger partial charge on any atom is -0.497 e. The molecule has 3 aromatic rings. The summed E-state index contributed by atoms with van der Waals surface area (Å²) in [5.74, 6) is 0.736. The molecule has 1 heterocycles. The Hall–Kier alpha value is -2.06. The van der Waals surface area contributed by atoms with Gasteiger partial charge in [-0.05, 0) is 42.0 Å². The summed E-state index contributed by atoms with van der Waals surface area (Å²) in [6.45, 7) is 0. The number of nitrogens with zero attached hydrogens (tertiary/aromatic N) is 1. The maximum atomic E-state index is 7.53. The van der Waals surface area contributed by atoms with Gasteiger partial charge in [0.15, 0.2) is 0 Å². The van der Waals surface area contributed by atoms with Crippen LogP contribution in [0.3, 0.4) is 0 Å². The van der Waals surface area contributed by atoms with Gasteiger partial charge in [0, 0.05) is 17.1 Å². The zero-order valence-corrected chi connectivity index (χ0v) is 11.1. The molecule has 0 bridgehead atoms. The Morgan fingerprint density at radius 2 is 2.05 bits per heavy atom. The average Bonchev–Trinajstić information content (AvgIpc) is 2.46. The first-order valence-electron chi connectivity index (χ1n) is 6.39. The third kappa shape index (κ3) is 2.27. The van der Waals surface area contributed by atoms with Crippen molar-refractivity contribution in [3.05, 3.63) is 59.7 Å². The molecule has 0 aliphatic heterocycles. The minimum absolute atomic E-state index is 0.271. The lowest BCUT2D eigenvalue weighted by atomic mass is 10.0. The number of pyridine rings is 1. The van der Waals surface area contributed by atoms with Gasteiger partial charge in [0.2, 0.25) is 0 Å². The van der Waals surface area contributed by atoms with Crippen LogP contribution in [0.25, 0.3) is 22.0 Å². The Balaban J connectivity index is 2.12. The first kappa shape index (κ1) is 10.8. The molecule has 3 heteroatoms. The van der Waals surface area contributed by atoms with E-state index in [4.69, 9.17) is 17.7 Å². The molecule has 2 nitrogen and oxygen atoms in total. The van der Waals surface area contributed by atoms with Gasteiger partial charge in [0.25, 0.3) is 0 Å². The average molecular weight is 271 g/mol. The normalized spacial score (nSPS) is 11.4.